The SMILES string of the molecule is COC(=O)c1c(N)c(C#N)cn1-c1cccc2[nH]c(C(F)(F)F)nc12. The van der Waals surface area contributed by atoms with E-state index in [1.165, 1.54) is 29.0 Å². The Morgan fingerprint density at radius 3 is 2.76 bits per heavy atom. The number of fused-ring (bicyclic) bond motifs is 1. The van der Waals surface area contributed by atoms with E-state index < -0.39 is 18.0 Å². The molecule has 0 radical (unpaired) electrons. The number of halogens is 3. The van der Waals surface area contributed by atoms with Gasteiger partial charge in [-0.3, -0.25) is 0 Å². The van der Waals surface area contributed by atoms with Crippen LogP contribution < -0.4 is 5.73 Å². The Morgan fingerprint density at radius 1 is 1.44 bits per heavy atom. The van der Waals surface area contributed by atoms with Crippen LogP contribution in [-0.2, 0) is 10.9 Å². The zero-order valence-electron chi connectivity index (χ0n) is 12.7. The lowest BCUT2D eigenvalue weighted by atomic mass is 10.2. The Balaban J connectivity index is 2.32. The summed E-state index contributed by atoms with van der Waals surface area (Å²) in [4.78, 5) is 17.8. The highest BCUT2D eigenvalue weighted by Crippen LogP contribution is 2.32. The van der Waals surface area contributed by atoms with Crippen molar-refractivity contribution < 1.29 is 22.7 Å². The third-order valence-corrected chi connectivity index (χ3v) is 3.56. The van der Waals surface area contributed by atoms with Gasteiger partial charge in [-0.1, -0.05) is 6.07 Å². The minimum Gasteiger partial charge on any atom is -0.464 e. The van der Waals surface area contributed by atoms with Crippen molar-refractivity contribution in [1.29, 1.82) is 5.26 Å². The number of carbonyl (C=O) groups excluding carboxylic acids is 1. The molecule has 0 aliphatic heterocycles. The maximum atomic E-state index is 12.9. The number of H-pyrrole nitrogens is 1. The van der Waals surface area contributed by atoms with Crippen molar-refractivity contribution in [3.8, 4) is 11.8 Å². The first-order chi connectivity index (χ1) is 11.8. The van der Waals surface area contributed by atoms with Crippen molar-refractivity contribution in [1.82, 2.24) is 14.5 Å². The molecule has 0 fully saturated rings. The number of aromatic amines is 1. The molecular formula is C15H10F3N5O2. The molecule has 10 heteroatoms. The lowest BCUT2D eigenvalue weighted by molar-refractivity contribution is -0.144. The van der Waals surface area contributed by atoms with Crippen LogP contribution in [0.2, 0.25) is 0 Å². The zero-order chi connectivity index (χ0) is 18.4. The van der Waals surface area contributed by atoms with Gasteiger partial charge in [0.05, 0.1) is 29.6 Å². The number of nitrogens with one attached hydrogen (secondary N) is 1. The third kappa shape index (κ3) is 2.55. The van der Waals surface area contributed by atoms with Gasteiger partial charge in [-0.05, 0) is 12.1 Å². The van der Waals surface area contributed by atoms with Gasteiger partial charge in [0.25, 0.3) is 0 Å². The Kier molecular flexibility index (Phi) is 3.64. The Bertz CT molecular complexity index is 1030. The van der Waals surface area contributed by atoms with Crippen LogP contribution in [0.15, 0.2) is 24.4 Å². The van der Waals surface area contributed by atoms with Crippen molar-refractivity contribution in [2.24, 2.45) is 0 Å². The van der Waals surface area contributed by atoms with Crippen LogP contribution in [-0.4, -0.2) is 27.6 Å². The summed E-state index contributed by atoms with van der Waals surface area (Å²) >= 11 is 0. The fourth-order valence-electron chi connectivity index (χ4n) is 2.45. The predicted octanol–water partition coefficient (Wildman–Crippen LogP) is 2.61. The average molecular weight is 349 g/mol. The first-order valence-electron chi connectivity index (χ1n) is 6.83. The number of esters is 1. The average Bonchev–Trinajstić information content (AvgIpc) is 3.14. The molecule has 0 bridgehead atoms. The van der Waals surface area contributed by atoms with Gasteiger partial charge in [0.15, 0.2) is 5.69 Å². The highest BCUT2D eigenvalue weighted by atomic mass is 19.4. The lowest BCUT2D eigenvalue weighted by Gasteiger charge is -2.09. The summed E-state index contributed by atoms with van der Waals surface area (Å²) in [6.45, 7) is 0. The standard InChI is InChI=1S/C15H10F3N5O2/c1-25-13(24)12-10(20)7(5-19)6-23(12)9-4-2-3-8-11(9)22-14(21-8)15(16,17)18/h2-4,6H,20H2,1H3,(H,21,22). The van der Waals surface area contributed by atoms with Gasteiger partial charge in [0.1, 0.15) is 11.6 Å². The summed E-state index contributed by atoms with van der Waals surface area (Å²) in [6, 6.07) is 6.17. The van der Waals surface area contributed by atoms with Crippen molar-refractivity contribution in [2.45, 2.75) is 6.18 Å². The molecule has 7 nitrogen and oxygen atoms in total. The number of carbonyl (C=O) groups is 1. The van der Waals surface area contributed by atoms with Gasteiger partial charge in [0.2, 0.25) is 5.82 Å². The monoisotopic (exact) mass is 349 g/mol. The molecule has 2 heterocycles. The van der Waals surface area contributed by atoms with E-state index in [4.69, 9.17) is 11.0 Å². The Hall–Kier alpha value is -3.48. The number of benzene rings is 1. The molecule has 1 aromatic carbocycles. The normalized spacial score (nSPS) is 11.5. The summed E-state index contributed by atoms with van der Waals surface area (Å²) < 4.78 is 44.6. The van der Waals surface area contributed by atoms with E-state index in [1.807, 2.05) is 6.07 Å². The van der Waals surface area contributed by atoms with E-state index in [2.05, 4.69) is 14.7 Å². The molecule has 2 aromatic heterocycles. The van der Waals surface area contributed by atoms with Gasteiger partial charge >= 0.3 is 12.1 Å². The minimum atomic E-state index is -4.66. The molecular weight excluding hydrogens is 339 g/mol. The maximum Gasteiger partial charge on any atom is 0.449 e. The second-order valence-corrected chi connectivity index (χ2v) is 5.03. The molecule has 128 valence electrons. The van der Waals surface area contributed by atoms with E-state index in [-0.39, 0.29) is 33.7 Å². The highest BCUT2D eigenvalue weighted by molar-refractivity contribution is 5.97. The Labute approximate surface area is 138 Å². The number of hydrogen-bond acceptors (Lipinski definition) is 5. The smallest absolute Gasteiger partial charge is 0.449 e. The highest BCUT2D eigenvalue weighted by Gasteiger charge is 2.35. The second-order valence-electron chi connectivity index (χ2n) is 5.03. The summed E-state index contributed by atoms with van der Waals surface area (Å²) in [5, 5.41) is 9.12. The predicted molar refractivity (Wildman–Crippen MR) is 80.9 cm³/mol. The number of nitrogens with zero attached hydrogens (tertiary/aromatic N) is 3. The number of nitrogens with two attached hydrogens (primary N) is 1. The molecule has 0 spiro atoms. The van der Waals surface area contributed by atoms with E-state index >= 15 is 0 Å². The number of nitriles is 1. The molecule has 0 aliphatic carbocycles. The van der Waals surface area contributed by atoms with Gasteiger partial charge < -0.3 is 20.0 Å². The number of methoxy groups -OCH3 is 1. The van der Waals surface area contributed by atoms with Gasteiger partial charge in [-0.2, -0.15) is 18.4 Å². The van der Waals surface area contributed by atoms with Crippen LogP contribution in [0, 0.1) is 11.3 Å². The fraction of sp³-hybridized carbons (Fsp3) is 0.133. The number of rotatable bonds is 2. The fourth-order valence-corrected chi connectivity index (χ4v) is 2.45. The summed E-state index contributed by atoms with van der Waals surface area (Å²) in [6.07, 6.45) is -3.41. The number of para-hydroxylation sites is 1. The van der Waals surface area contributed by atoms with Crippen molar-refractivity contribution in [3.63, 3.8) is 0 Å². The topological polar surface area (TPSA) is 110 Å². The Morgan fingerprint density at radius 2 is 2.16 bits per heavy atom. The molecule has 0 saturated carbocycles. The van der Waals surface area contributed by atoms with Crippen molar-refractivity contribution >= 4 is 22.7 Å². The van der Waals surface area contributed by atoms with E-state index in [0.717, 1.165) is 7.11 Å². The number of anilines is 1. The molecule has 0 atom stereocenters. The summed E-state index contributed by atoms with van der Waals surface area (Å²) in [5.74, 6) is -2.00. The number of nitrogen functional groups attached to an aromatic ring is 1. The largest absolute Gasteiger partial charge is 0.464 e. The van der Waals surface area contributed by atoms with Crippen LogP contribution in [0.3, 0.4) is 0 Å². The lowest BCUT2D eigenvalue weighted by Crippen LogP contribution is -2.11. The summed E-state index contributed by atoms with van der Waals surface area (Å²) in [7, 11) is 1.13. The number of aromatic nitrogens is 3. The number of imidazole rings is 1. The van der Waals surface area contributed by atoms with Gasteiger partial charge in [0, 0.05) is 6.20 Å². The number of ether oxygens (including phenoxy) is 1. The zero-order valence-corrected chi connectivity index (χ0v) is 12.7. The molecule has 25 heavy (non-hydrogen) atoms. The number of alkyl halides is 3. The van der Waals surface area contributed by atoms with Crippen molar-refractivity contribution in [3.05, 3.63) is 41.5 Å². The first kappa shape index (κ1) is 16.4. The molecule has 3 aromatic rings. The van der Waals surface area contributed by atoms with Crippen LogP contribution in [0.4, 0.5) is 18.9 Å². The molecule has 0 amide bonds. The second kappa shape index (κ2) is 5.55. The quantitative estimate of drug-likeness (QED) is 0.691. The van der Waals surface area contributed by atoms with Gasteiger partial charge in [-0.15, -0.1) is 0 Å². The van der Waals surface area contributed by atoms with Gasteiger partial charge in [-0.25, -0.2) is 9.78 Å². The first-order valence-corrected chi connectivity index (χ1v) is 6.83. The maximum absolute atomic E-state index is 12.9. The molecule has 0 saturated heterocycles. The molecule has 0 aliphatic rings. The van der Waals surface area contributed by atoms with Crippen LogP contribution in [0.1, 0.15) is 21.9 Å². The van der Waals surface area contributed by atoms with E-state index in [9.17, 15) is 18.0 Å². The molecule has 0 unspecified atom stereocenters. The minimum absolute atomic E-state index is 0.0102. The third-order valence-electron chi connectivity index (χ3n) is 3.56. The van der Waals surface area contributed by atoms with Crippen LogP contribution in [0.5, 0.6) is 0 Å². The van der Waals surface area contributed by atoms with E-state index in [0.29, 0.717) is 0 Å². The van der Waals surface area contributed by atoms with Crippen LogP contribution in [0.25, 0.3) is 16.7 Å². The van der Waals surface area contributed by atoms with Crippen LogP contribution >= 0.6 is 0 Å². The molecule has 3 rings (SSSR count). The van der Waals surface area contributed by atoms with E-state index in [1.54, 1.807) is 0 Å². The number of hydrogen-bond donors (Lipinski definition) is 2. The molecule has 3 N–H and O–H groups in total. The summed E-state index contributed by atoms with van der Waals surface area (Å²) in [5.41, 5.74) is 5.73. The van der Waals surface area contributed by atoms with Crippen molar-refractivity contribution in [2.75, 3.05) is 12.8 Å².